The van der Waals surface area contributed by atoms with E-state index in [0.717, 1.165) is 16.7 Å². The molecule has 0 spiro atoms. The molecule has 0 N–H and O–H groups in total. The van der Waals surface area contributed by atoms with Crippen LogP contribution in [0, 0.1) is 12.7 Å². The highest BCUT2D eigenvalue weighted by Gasteiger charge is 2.58. The molecule has 0 radical (unpaired) electrons. The van der Waals surface area contributed by atoms with Crippen LogP contribution >= 0.6 is 0 Å². The molecule has 2 aliphatic rings. The molecule has 162 valence electrons. The van der Waals surface area contributed by atoms with Crippen LogP contribution in [0.4, 0.5) is 4.39 Å². The summed E-state index contributed by atoms with van der Waals surface area (Å²) >= 11 is 0. The lowest BCUT2D eigenvalue weighted by molar-refractivity contribution is 0.0279. The van der Waals surface area contributed by atoms with Crippen molar-refractivity contribution in [2.75, 3.05) is 26.2 Å². The third kappa shape index (κ3) is 3.20. The Labute approximate surface area is 187 Å². The number of nitrogens with zero attached hydrogens (tertiary/aromatic N) is 2. The Morgan fingerprint density at radius 1 is 0.812 bits per heavy atom. The van der Waals surface area contributed by atoms with E-state index in [1.807, 2.05) is 54.3 Å². The van der Waals surface area contributed by atoms with Gasteiger partial charge in [0.2, 0.25) is 0 Å². The predicted octanol–water partition coefficient (Wildman–Crippen LogP) is 4.23. The van der Waals surface area contributed by atoms with Crippen LogP contribution in [0.1, 0.15) is 37.4 Å². The SMILES string of the molecule is Cc1ccc(F)cc1CN1CCN(C2(c3ccccc3)C(=O)c3ccccc3C2=O)CC1. The van der Waals surface area contributed by atoms with Crippen molar-refractivity contribution >= 4 is 11.6 Å². The minimum atomic E-state index is -1.31. The average Bonchev–Trinajstić information content (AvgIpc) is 3.05. The van der Waals surface area contributed by atoms with Crippen molar-refractivity contribution in [3.63, 3.8) is 0 Å². The van der Waals surface area contributed by atoms with Gasteiger partial charge >= 0.3 is 0 Å². The number of fused-ring (bicyclic) bond motifs is 1. The van der Waals surface area contributed by atoms with Crippen LogP contribution in [0.25, 0.3) is 0 Å². The first-order valence-corrected chi connectivity index (χ1v) is 11.0. The molecule has 0 saturated carbocycles. The van der Waals surface area contributed by atoms with Gasteiger partial charge in [-0.2, -0.15) is 0 Å². The highest BCUT2D eigenvalue weighted by Crippen LogP contribution is 2.42. The van der Waals surface area contributed by atoms with E-state index < -0.39 is 5.54 Å². The first-order valence-electron chi connectivity index (χ1n) is 11.0. The summed E-state index contributed by atoms with van der Waals surface area (Å²) in [6.45, 7) is 5.19. The third-order valence-corrected chi connectivity index (χ3v) is 6.82. The van der Waals surface area contributed by atoms with Gasteiger partial charge in [0, 0.05) is 43.9 Å². The zero-order valence-corrected chi connectivity index (χ0v) is 18.1. The number of halogens is 1. The largest absolute Gasteiger partial charge is 0.297 e. The summed E-state index contributed by atoms with van der Waals surface area (Å²) in [5.74, 6) is -0.510. The smallest absolute Gasteiger partial charge is 0.196 e. The van der Waals surface area contributed by atoms with E-state index in [9.17, 15) is 14.0 Å². The summed E-state index contributed by atoms with van der Waals surface area (Å²) in [7, 11) is 0. The molecule has 3 aromatic carbocycles. The molecular formula is C27H25FN2O2. The second-order valence-electron chi connectivity index (χ2n) is 8.61. The van der Waals surface area contributed by atoms with Gasteiger partial charge in [0.05, 0.1) is 0 Å². The van der Waals surface area contributed by atoms with Crippen LogP contribution < -0.4 is 0 Å². The van der Waals surface area contributed by atoms with E-state index in [0.29, 0.717) is 43.9 Å². The molecule has 5 heteroatoms. The maximum Gasteiger partial charge on any atom is 0.196 e. The molecule has 4 nitrogen and oxygen atoms in total. The molecule has 1 heterocycles. The fraction of sp³-hybridized carbons (Fsp3) is 0.259. The standard InChI is InChI=1S/C27H25FN2O2/c1-19-11-12-22(28)17-20(19)18-29-13-15-30(16-14-29)27(21-7-3-2-4-8-21)25(31)23-9-5-6-10-24(23)26(27)32/h2-12,17H,13-16,18H2,1H3. The van der Waals surface area contributed by atoms with Gasteiger partial charge in [0.15, 0.2) is 17.1 Å². The Bertz CT molecular complexity index is 1150. The first kappa shape index (κ1) is 20.7. The van der Waals surface area contributed by atoms with Crippen molar-refractivity contribution in [1.29, 1.82) is 0 Å². The van der Waals surface area contributed by atoms with Crippen LogP contribution in [0.2, 0.25) is 0 Å². The minimum absolute atomic E-state index is 0.140. The molecule has 3 aromatic rings. The molecule has 1 aliphatic carbocycles. The molecule has 1 saturated heterocycles. The Morgan fingerprint density at radius 3 is 2.03 bits per heavy atom. The lowest BCUT2D eigenvalue weighted by atomic mass is 9.82. The number of piperazine rings is 1. The normalized spacial score (nSPS) is 18.7. The van der Waals surface area contributed by atoms with E-state index >= 15 is 0 Å². The second-order valence-corrected chi connectivity index (χ2v) is 8.61. The predicted molar refractivity (Wildman–Crippen MR) is 121 cm³/mol. The van der Waals surface area contributed by atoms with Gasteiger partial charge in [0.1, 0.15) is 5.82 Å². The summed E-state index contributed by atoms with van der Waals surface area (Å²) in [5, 5.41) is 0. The minimum Gasteiger partial charge on any atom is -0.297 e. The zero-order valence-electron chi connectivity index (χ0n) is 18.1. The summed E-state index contributed by atoms with van der Waals surface area (Å²) in [4.78, 5) is 31.8. The molecular weight excluding hydrogens is 403 g/mol. The number of carbonyl (C=O) groups excluding carboxylic acids is 2. The van der Waals surface area contributed by atoms with E-state index in [-0.39, 0.29) is 17.4 Å². The Morgan fingerprint density at radius 2 is 1.41 bits per heavy atom. The number of benzene rings is 3. The second kappa shape index (κ2) is 8.08. The van der Waals surface area contributed by atoms with Crippen LogP contribution in [-0.2, 0) is 12.1 Å². The van der Waals surface area contributed by atoms with Crippen LogP contribution in [0.3, 0.4) is 0 Å². The number of carbonyl (C=O) groups is 2. The van der Waals surface area contributed by atoms with Crippen molar-refractivity contribution in [3.8, 4) is 0 Å². The van der Waals surface area contributed by atoms with Gasteiger partial charge in [-0.05, 0) is 35.7 Å². The van der Waals surface area contributed by atoms with Crippen molar-refractivity contribution in [2.45, 2.75) is 19.0 Å². The summed E-state index contributed by atoms with van der Waals surface area (Å²) < 4.78 is 13.7. The third-order valence-electron chi connectivity index (χ3n) is 6.82. The number of hydrogen-bond donors (Lipinski definition) is 0. The van der Waals surface area contributed by atoms with Crippen molar-refractivity contribution < 1.29 is 14.0 Å². The maximum absolute atomic E-state index is 13.8. The van der Waals surface area contributed by atoms with Gasteiger partial charge in [-0.1, -0.05) is 60.7 Å². The van der Waals surface area contributed by atoms with Gasteiger partial charge in [-0.3, -0.25) is 19.4 Å². The lowest BCUT2D eigenvalue weighted by Crippen LogP contribution is -2.60. The highest BCUT2D eigenvalue weighted by molar-refractivity contribution is 6.32. The maximum atomic E-state index is 13.8. The highest BCUT2D eigenvalue weighted by atomic mass is 19.1. The van der Waals surface area contributed by atoms with E-state index in [1.54, 1.807) is 24.3 Å². The topological polar surface area (TPSA) is 40.6 Å². The Balaban J connectivity index is 1.45. The quantitative estimate of drug-likeness (QED) is 0.584. The fourth-order valence-electron chi connectivity index (χ4n) is 5.08. The van der Waals surface area contributed by atoms with Crippen molar-refractivity contribution in [1.82, 2.24) is 9.80 Å². The summed E-state index contributed by atoms with van der Waals surface area (Å²) in [5.41, 5.74) is 2.44. The zero-order chi connectivity index (χ0) is 22.3. The lowest BCUT2D eigenvalue weighted by Gasteiger charge is -2.44. The number of ketones is 2. The van der Waals surface area contributed by atoms with Gasteiger partial charge in [-0.15, -0.1) is 0 Å². The number of aryl methyl sites for hydroxylation is 1. The molecule has 0 atom stereocenters. The number of rotatable bonds is 4. The van der Waals surface area contributed by atoms with E-state index in [2.05, 4.69) is 4.90 Å². The summed E-state index contributed by atoms with van der Waals surface area (Å²) in [6.07, 6.45) is 0. The van der Waals surface area contributed by atoms with Crippen LogP contribution in [0.15, 0.2) is 72.8 Å². The molecule has 0 bridgehead atoms. The first-order chi connectivity index (χ1) is 15.5. The van der Waals surface area contributed by atoms with Gasteiger partial charge in [0.25, 0.3) is 0 Å². The van der Waals surface area contributed by atoms with Crippen molar-refractivity contribution in [2.24, 2.45) is 0 Å². The average molecular weight is 429 g/mol. The monoisotopic (exact) mass is 428 g/mol. The summed E-state index contributed by atoms with van der Waals surface area (Å²) in [6, 6.07) is 21.4. The van der Waals surface area contributed by atoms with Crippen molar-refractivity contribution in [3.05, 3.63) is 106 Å². The number of Topliss-reactive ketones (excluding diaryl/α,β-unsaturated/α-hetero) is 2. The van der Waals surface area contributed by atoms with Crippen LogP contribution in [-0.4, -0.2) is 47.5 Å². The molecule has 5 rings (SSSR count). The molecule has 0 amide bonds. The number of hydrogen-bond acceptors (Lipinski definition) is 4. The van der Waals surface area contributed by atoms with Gasteiger partial charge in [-0.25, -0.2) is 4.39 Å². The van der Waals surface area contributed by atoms with E-state index in [1.165, 1.54) is 6.07 Å². The molecule has 0 unspecified atom stereocenters. The molecule has 1 aliphatic heterocycles. The van der Waals surface area contributed by atoms with Crippen LogP contribution in [0.5, 0.6) is 0 Å². The molecule has 1 fully saturated rings. The Hall–Kier alpha value is -3.15. The Kier molecular flexibility index (Phi) is 5.24. The molecule has 32 heavy (non-hydrogen) atoms. The molecule has 0 aromatic heterocycles. The fourth-order valence-corrected chi connectivity index (χ4v) is 5.08. The van der Waals surface area contributed by atoms with Gasteiger partial charge < -0.3 is 0 Å². The van der Waals surface area contributed by atoms with E-state index in [4.69, 9.17) is 0 Å².